The molecule has 0 aliphatic heterocycles. The lowest BCUT2D eigenvalue weighted by Crippen LogP contribution is -2.27. The number of quaternary nitrogens is 6. The number of phosphoric acid groups is 4. The van der Waals surface area contributed by atoms with Gasteiger partial charge in [-0.25, -0.2) is 4.31 Å². The first-order valence-corrected chi connectivity index (χ1v) is 19.5. The molecule has 0 aromatic heterocycles. The monoisotopic (exact) mass is 776 g/mol. The van der Waals surface area contributed by atoms with Crippen molar-refractivity contribution in [2.75, 3.05) is 169 Å². The van der Waals surface area contributed by atoms with Gasteiger partial charge in [0.05, 0.1) is 185 Å². The van der Waals surface area contributed by atoms with E-state index in [1.807, 2.05) is 0 Å². The molecule has 0 heterocycles. The summed E-state index contributed by atoms with van der Waals surface area (Å²) < 4.78 is 54.5. The Hall–Kier alpha value is 0.320. The highest BCUT2D eigenvalue weighted by Gasteiger charge is 2.22. The molecule has 19 nitrogen and oxygen atoms in total. The number of rotatable bonds is 6. The summed E-state index contributed by atoms with van der Waals surface area (Å²) in [5.74, 6) is 0. The maximum Gasteiger partial charge on any atom is 0.278 e. The van der Waals surface area contributed by atoms with E-state index in [0.717, 1.165) is 26.9 Å². The van der Waals surface area contributed by atoms with Crippen molar-refractivity contribution in [2.45, 2.75) is 0 Å². The fourth-order valence-corrected chi connectivity index (χ4v) is 4.11. The quantitative estimate of drug-likeness (QED) is 0.202. The van der Waals surface area contributed by atoms with Crippen LogP contribution in [-0.4, -0.2) is 196 Å². The Morgan fingerprint density at radius 1 is 0.277 bits per heavy atom. The van der Waals surface area contributed by atoms with Gasteiger partial charge in [0.2, 0.25) is 0 Å². The highest BCUT2D eigenvalue weighted by Crippen LogP contribution is 2.63. The summed E-state index contributed by atoms with van der Waals surface area (Å²) in [6.45, 7) is 0. The fraction of sp³-hybridized carbons (Fsp3) is 1.00. The zero-order chi connectivity index (χ0) is 41.1. The van der Waals surface area contributed by atoms with Crippen LogP contribution in [0.4, 0.5) is 0 Å². The first-order chi connectivity index (χ1) is 19.1. The summed E-state index contributed by atoms with van der Waals surface area (Å²) in [5.41, 5.74) is 0. The van der Waals surface area contributed by atoms with E-state index in [9.17, 15) is 47.6 Å². The third-order valence-corrected chi connectivity index (χ3v) is 5.40. The van der Waals surface area contributed by atoms with Crippen molar-refractivity contribution in [1.29, 1.82) is 0 Å². The molecule has 47 heavy (non-hydrogen) atoms. The first kappa shape index (κ1) is 62.5. The van der Waals surface area contributed by atoms with E-state index in [2.05, 4.69) is 182 Å². The molecule has 296 valence electrons. The Morgan fingerprint density at radius 2 is 0.362 bits per heavy atom. The fourth-order valence-electron chi connectivity index (χ4n) is 0.397. The van der Waals surface area contributed by atoms with Gasteiger partial charge in [-0.15, -0.1) is 0 Å². The molecule has 2 atom stereocenters. The van der Waals surface area contributed by atoms with Gasteiger partial charge in [-0.05, 0) is 0 Å². The van der Waals surface area contributed by atoms with Crippen molar-refractivity contribution >= 4 is 31.3 Å². The van der Waals surface area contributed by atoms with E-state index in [0.29, 0.717) is 0 Å². The van der Waals surface area contributed by atoms with Gasteiger partial charge >= 0.3 is 0 Å². The topological polar surface area (TPSA) is 234 Å². The Kier molecular flexibility index (Phi) is 31.5. The second-order valence-electron chi connectivity index (χ2n) is 18.1. The van der Waals surface area contributed by atoms with Gasteiger partial charge < -0.3 is 65.4 Å². The van der Waals surface area contributed by atoms with Crippen molar-refractivity contribution in [2.24, 2.45) is 0 Å². The van der Waals surface area contributed by atoms with Crippen LogP contribution in [0, 0.1) is 0 Å². The second kappa shape index (κ2) is 23.7. The van der Waals surface area contributed by atoms with Crippen molar-refractivity contribution in [3.8, 4) is 0 Å². The van der Waals surface area contributed by atoms with Crippen molar-refractivity contribution in [3.63, 3.8) is 0 Å². The largest absolute Gasteiger partial charge is 0.790 e. The molecule has 0 N–H and O–H groups in total. The van der Waals surface area contributed by atoms with Gasteiger partial charge in [-0.3, -0.25) is 17.8 Å². The molecule has 0 saturated carbocycles. The average molecular weight is 777 g/mol. The van der Waals surface area contributed by atoms with Gasteiger partial charge in [0, 0.05) is 0 Å². The summed E-state index contributed by atoms with van der Waals surface area (Å²) >= 11 is 0. The Balaban J connectivity index is -0.0000000884. The third kappa shape index (κ3) is 271. The van der Waals surface area contributed by atoms with Gasteiger partial charge in [0.25, 0.3) is 15.6 Å². The molecule has 0 rings (SSSR count). The summed E-state index contributed by atoms with van der Waals surface area (Å²) in [6.07, 6.45) is 0. The van der Waals surface area contributed by atoms with Crippen LogP contribution in [0.25, 0.3) is 0 Å². The first-order valence-electron chi connectivity index (χ1n) is 13.7. The van der Waals surface area contributed by atoms with Crippen LogP contribution >= 0.6 is 31.3 Å². The zero-order valence-electron chi connectivity index (χ0n) is 33.8. The van der Waals surface area contributed by atoms with Crippen LogP contribution in [-0.2, 0) is 31.2 Å². The molecule has 0 aromatic carbocycles. The number of hydrogen-bond acceptors (Lipinski definition) is 13. The van der Waals surface area contributed by atoms with E-state index in [1.165, 1.54) is 0 Å². The Morgan fingerprint density at radius 3 is 0.426 bits per heavy atom. The lowest BCUT2D eigenvalue weighted by atomic mass is 10.8. The predicted molar refractivity (Wildman–Crippen MR) is 177 cm³/mol. The zero-order valence-corrected chi connectivity index (χ0v) is 37.4. The lowest BCUT2D eigenvalue weighted by molar-refractivity contribution is -0.849. The predicted octanol–water partition coefficient (Wildman–Crippen LogP) is -2.44. The molecule has 0 bridgehead atoms. The molecule has 23 heteroatoms. The average Bonchev–Trinajstić information content (AvgIpc) is 2.35. The molecule has 0 aromatic rings. The van der Waals surface area contributed by atoms with Gasteiger partial charge in [-0.1, -0.05) is 0 Å². The molecule has 2 unspecified atom stereocenters. The molecular formula is C24H72N6O13P4. The van der Waals surface area contributed by atoms with Crippen molar-refractivity contribution < 1.29 is 87.5 Å². The van der Waals surface area contributed by atoms with E-state index in [4.69, 9.17) is 0 Å². The van der Waals surface area contributed by atoms with Crippen molar-refractivity contribution in [3.05, 3.63) is 0 Å². The maximum absolute atomic E-state index is 10.4. The molecule has 0 aliphatic rings. The number of nitrogens with zero attached hydrogens (tertiary/aromatic N) is 6. The van der Waals surface area contributed by atoms with Gasteiger partial charge in [0.1, 0.15) is 0 Å². The SMILES string of the molecule is C[N+](C)(C)C.C[N+](C)(C)C.C[N+](C)(C)C.C[N+](C)(C)C.C[N+](C)(C)C.C[N+](C)(C)C.O=P([O-])([O-])OP(=O)([O-])OP(=O)([O-])OP(=O)([O-])[O-]. The Bertz CT molecular complexity index is 811. The van der Waals surface area contributed by atoms with E-state index >= 15 is 0 Å². The highest BCUT2D eigenvalue weighted by molar-refractivity contribution is 7.67. The molecule has 0 amide bonds. The van der Waals surface area contributed by atoms with Crippen LogP contribution < -0.4 is 29.4 Å². The highest BCUT2D eigenvalue weighted by atomic mass is 31.3. The summed E-state index contributed by atoms with van der Waals surface area (Å²) in [6, 6.07) is 0. The minimum atomic E-state index is -6.26. The standard InChI is InChI=1S/6C4H12N.H6O13P4/c6*1-5(2,3)4;1-14(2,3)11-16(7,8)13-17(9,10)12-15(4,5)6/h6*1-4H3;(H,7,8)(H,9,10)(H2,1,2,3)(H2,4,5,6)/q6*+1;/p-6. The summed E-state index contributed by atoms with van der Waals surface area (Å²) in [7, 11) is 26.1. The maximum atomic E-state index is 10.4. The molecule has 0 fully saturated rings. The normalized spacial score (nSPS) is 15.1. The van der Waals surface area contributed by atoms with Crippen LogP contribution in [0.2, 0.25) is 0 Å². The summed E-state index contributed by atoms with van der Waals surface area (Å²) in [4.78, 5) is 60.0. The van der Waals surface area contributed by atoms with Gasteiger partial charge in [0.15, 0.2) is 0 Å². The Labute approximate surface area is 287 Å². The summed E-state index contributed by atoms with van der Waals surface area (Å²) in [5, 5.41) is 0. The molecule has 0 aliphatic carbocycles. The molecule has 0 spiro atoms. The molecule has 0 radical (unpaired) electrons. The van der Waals surface area contributed by atoms with E-state index in [1.54, 1.807) is 0 Å². The van der Waals surface area contributed by atoms with E-state index < -0.39 is 31.3 Å². The van der Waals surface area contributed by atoms with E-state index in [-0.39, 0.29) is 0 Å². The van der Waals surface area contributed by atoms with Crippen molar-refractivity contribution in [1.82, 2.24) is 0 Å². The number of hydrogen-bond donors (Lipinski definition) is 0. The molecule has 0 saturated heterocycles. The van der Waals surface area contributed by atoms with Crippen LogP contribution in [0.5, 0.6) is 0 Å². The van der Waals surface area contributed by atoms with Crippen LogP contribution in [0.1, 0.15) is 0 Å². The lowest BCUT2D eigenvalue weighted by Gasteiger charge is -2.40. The van der Waals surface area contributed by atoms with Gasteiger partial charge in [-0.2, -0.15) is 0 Å². The smallest absolute Gasteiger partial charge is 0.278 e. The third-order valence-electron chi connectivity index (χ3n) is 0.600. The van der Waals surface area contributed by atoms with Crippen LogP contribution in [0.15, 0.2) is 0 Å². The van der Waals surface area contributed by atoms with Crippen LogP contribution in [0.3, 0.4) is 0 Å². The second-order valence-corrected chi connectivity index (χ2v) is 23.7. The minimum Gasteiger partial charge on any atom is -0.790 e. The molecular weight excluding hydrogens is 704 g/mol. The minimum absolute atomic E-state index is 1.00.